The van der Waals surface area contributed by atoms with Crippen molar-refractivity contribution >= 4 is 49.3 Å². The molecule has 0 aliphatic carbocycles. The van der Waals surface area contributed by atoms with Gasteiger partial charge in [-0.1, -0.05) is 72.0 Å². The topological polar surface area (TPSA) is 122 Å². The van der Waals surface area contributed by atoms with Crippen molar-refractivity contribution in [1.82, 2.24) is 10.2 Å². The van der Waals surface area contributed by atoms with Crippen LogP contribution in [-0.2, 0) is 21.3 Å². The van der Waals surface area contributed by atoms with Gasteiger partial charge in [0.1, 0.15) is 33.1 Å². The van der Waals surface area contributed by atoms with Crippen molar-refractivity contribution < 1.29 is 21.8 Å². The molecule has 0 unspecified atom stereocenters. The third kappa shape index (κ3) is 6.04. The molecule has 4 aromatic carbocycles. The van der Waals surface area contributed by atoms with Gasteiger partial charge in [-0.05, 0) is 52.7 Å². The molecule has 198 valence electrons. The predicted octanol–water partition coefficient (Wildman–Crippen LogP) is 5.73. The largest absolute Gasteiger partial charge is 0.378 e. The molecular formula is C29H19FN4O4S2. The van der Waals surface area contributed by atoms with Crippen LogP contribution < -0.4 is 9.50 Å². The van der Waals surface area contributed by atoms with Gasteiger partial charge in [-0.15, -0.1) is 10.2 Å². The molecule has 40 heavy (non-hydrogen) atoms. The fourth-order valence-electron chi connectivity index (χ4n) is 3.90. The number of nitriles is 1. The highest BCUT2D eigenvalue weighted by Crippen LogP contribution is 2.27. The molecule has 11 heteroatoms. The Morgan fingerprint density at radius 3 is 2.50 bits per heavy atom. The van der Waals surface area contributed by atoms with Gasteiger partial charge >= 0.3 is 10.1 Å². The van der Waals surface area contributed by atoms with Gasteiger partial charge in [-0.3, -0.25) is 10.1 Å². The zero-order valence-corrected chi connectivity index (χ0v) is 22.2. The summed E-state index contributed by atoms with van der Waals surface area (Å²) in [4.78, 5) is 12.6. The first-order valence-electron chi connectivity index (χ1n) is 11.8. The molecule has 0 spiro atoms. The second-order valence-electron chi connectivity index (χ2n) is 8.47. The number of nitrogens with zero attached hydrogens (tertiary/aromatic N) is 3. The summed E-state index contributed by atoms with van der Waals surface area (Å²) in [6, 6.07) is 26.0. The molecule has 0 radical (unpaired) electrons. The second kappa shape index (κ2) is 11.4. The summed E-state index contributed by atoms with van der Waals surface area (Å²) in [6.07, 6.45) is 1.73. The van der Waals surface area contributed by atoms with Crippen molar-refractivity contribution in [3.8, 4) is 11.8 Å². The van der Waals surface area contributed by atoms with E-state index in [1.165, 1.54) is 35.6 Å². The van der Waals surface area contributed by atoms with Crippen LogP contribution in [0, 0.1) is 17.1 Å². The Morgan fingerprint density at radius 1 is 0.975 bits per heavy atom. The molecule has 1 heterocycles. The monoisotopic (exact) mass is 570 g/mol. The van der Waals surface area contributed by atoms with Crippen molar-refractivity contribution in [3.05, 3.63) is 119 Å². The zero-order valence-electron chi connectivity index (χ0n) is 20.6. The minimum atomic E-state index is -4.30. The third-order valence-corrected chi connectivity index (χ3v) is 7.88. The average molecular weight is 571 g/mol. The van der Waals surface area contributed by atoms with Gasteiger partial charge in [0.2, 0.25) is 5.13 Å². The maximum Gasteiger partial charge on any atom is 0.339 e. The van der Waals surface area contributed by atoms with Crippen LogP contribution in [0.3, 0.4) is 0 Å². The van der Waals surface area contributed by atoms with Gasteiger partial charge in [0.15, 0.2) is 0 Å². The summed E-state index contributed by atoms with van der Waals surface area (Å²) < 4.78 is 43.8. The van der Waals surface area contributed by atoms with Crippen LogP contribution in [0.5, 0.6) is 5.75 Å². The standard InChI is InChI=1S/C29H19FN4O4S2/c30-23-12-14-24(15-13-23)40(36,37)38-26-11-4-2-7-21(26)16-22(18-31)28(35)32-29-34-33-27(39-29)17-20-9-5-8-19-6-1-3-10-25(19)20/h1-16H,17H2,(H,32,34,35)/b22-16+. The third-order valence-electron chi connectivity index (χ3n) is 5.79. The van der Waals surface area contributed by atoms with Crippen LogP contribution >= 0.6 is 11.3 Å². The number of amides is 1. The zero-order chi connectivity index (χ0) is 28.1. The Kier molecular flexibility index (Phi) is 7.63. The molecule has 0 saturated carbocycles. The number of hydrogen-bond donors (Lipinski definition) is 1. The van der Waals surface area contributed by atoms with E-state index in [-0.39, 0.29) is 26.9 Å². The van der Waals surface area contributed by atoms with E-state index in [0.29, 0.717) is 11.4 Å². The molecule has 0 aliphatic rings. The van der Waals surface area contributed by atoms with Crippen molar-refractivity contribution in [3.63, 3.8) is 0 Å². The number of halogens is 1. The number of fused-ring (bicyclic) bond motifs is 1. The molecule has 8 nitrogen and oxygen atoms in total. The second-order valence-corrected chi connectivity index (χ2v) is 11.1. The van der Waals surface area contributed by atoms with Crippen LogP contribution in [0.2, 0.25) is 0 Å². The molecule has 5 aromatic rings. The fraction of sp³-hybridized carbons (Fsp3) is 0.0345. The van der Waals surface area contributed by atoms with Crippen molar-refractivity contribution in [1.29, 1.82) is 5.26 Å². The summed E-state index contributed by atoms with van der Waals surface area (Å²) in [5.41, 5.74) is 0.937. The Bertz CT molecular complexity index is 1890. The molecule has 1 N–H and O–H groups in total. The quantitative estimate of drug-likeness (QED) is 0.144. The predicted molar refractivity (Wildman–Crippen MR) is 150 cm³/mol. The normalized spacial score (nSPS) is 11.7. The molecule has 1 aromatic heterocycles. The van der Waals surface area contributed by atoms with Gasteiger partial charge in [0.05, 0.1) is 0 Å². The maximum atomic E-state index is 13.2. The van der Waals surface area contributed by atoms with Gasteiger partial charge in [-0.25, -0.2) is 4.39 Å². The van der Waals surface area contributed by atoms with E-state index in [1.807, 2.05) is 48.5 Å². The lowest BCUT2D eigenvalue weighted by Gasteiger charge is -2.10. The lowest BCUT2D eigenvalue weighted by atomic mass is 10.0. The Morgan fingerprint density at radius 2 is 1.70 bits per heavy atom. The molecule has 1 amide bonds. The van der Waals surface area contributed by atoms with Crippen molar-refractivity contribution in [2.24, 2.45) is 0 Å². The number of nitrogens with one attached hydrogen (secondary N) is 1. The first-order valence-corrected chi connectivity index (χ1v) is 14.1. The van der Waals surface area contributed by atoms with Crippen LogP contribution in [0.25, 0.3) is 16.8 Å². The molecule has 0 bridgehead atoms. The number of benzene rings is 4. The molecule has 0 fully saturated rings. The summed E-state index contributed by atoms with van der Waals surface area (Å²) in [7, 11) is -4.30. The molecular weight excluding hydrogens is 551 g/mol. The van der Waals surface area contributed by atoms with E-state index in [1.54, 1.807) is 6.07 Å². The number of carbonyl (C=O) groups excluding carboxylic acids is 1. The minimum Gasteiger partial charge on any atom is -0.378 e. The molecule has 0 aliphatic heterocycles. The van der Waals surface area contributed by atoms with Crippen LogP contribution in [0.1, 0.15) is 16.1 Å². The van der Waals surface area contributed by atoms with Crippen LogP contribution in [-0.4, -0.2) is 24.5 Å². The molecule has 0 saturated heterocycles. The van der Waals surface area contributed by atoms with Crippen LogP contribution in [0.15, 0.2) is 101 Å². The number of anilines is 1. The molecule has 0 atom stereocenters. The summed E-state index contributed by atoms with van der Waals surface area (Å²) in [6.45, 7) is 0. The summed E-state index contributed by atoms with van der Waals surface area (Å²) in [5.74, 6) is -1.45. The van der Waals surface area contributed by atoms with Gasteiger partial charge in [-0.2, -0.15) is 13.7 Å². The molecule has 5 rings (SSSR count). The lowest BCUT2D eigenvalue weighted by Crippen LogP contribution is -2.14. The van der Waals surface area contributed by atoms with Crippen molar-refractivity contribution in [2.75, 3.05) is 5.32 Å². The SMILES string of the molecule is N#C/C(=C\c1ccccc1OS(=O)(=O)c1ccc(F)cc1)C(=O)Nc1nnc(Cc2cccc3ccccc23)s1. The number of carbonyl (C=O) groups is 1. The van der Waals surface area contributed by atoms with E-state index < -0.39 is 21.8 Å². The van der Waals surface area contributed by atoms with Crippen LogP contribution in [0.4, 0.5) is 9.52 Å². The fourth-order valence-corrected chi connectivity index (χ4v) is 5.61. The van der Waals surface area contributed by atoms with Gasteiger partial charge < -0.3 is 4.18 Å². The van der Waals surface area contributed by atoms with Crippen molar-refractivity contribution in [2.45, 2.75) is 11.3 Å². The lowest BCUT2D eigenvalue weighted by molar-refractivity contribution is -0.112. The Hall–Kier alpha value is -4.92. The number of rotatable bonds is 8. The highest BCUT2D eigenvalue weighted by molar-refractivity contribution is 7.87. The number of para-hydroxylation sites is 1. The van der Waals surface area contributed by atoms with Gasteiger partial charge in [0.25, 0.3) is 5.91 Å². The van der Waals surface area contributed by atoms with E-state index in [0.717, 1.165) is 40.6 Å². The Balaban J connectivity index is 1.33. The Labute approximate surface area is 233 Å². The van der Waals surface area contributed by atoms with E-state index >= 15 is 0 Å². The summed E-state index contributed by atoms with van der Waals surface area (Å²) >= 11 is 1.19. The number of aromatic nitrogens is 2. The van der Waals surface area contributed by atoms with Gasteiger partial charge in [0, 0.05) is 12.0 Å². The van der Waals surface area contributed by atoms with E-state index in [4.69, 9.17) is 4.18 Å². The number of hydrogen-bond acceptors (Lipinski definition) is 8. The first-order chi connectivity index (χ1) is 19.3. The van der Waals surface area contributed by atoms with E-state index in [9.17, 15) is 22.9 Å². The minimum absolute atomic E-state index is 0.110. The highest BCUT2D eigenvalue weighted by Gasteiger charge is 2.20. The van der Waals surface area contributed by atoms with E-state index in [2.05, 4.69) is 15.5 Å². The highest BCUT2D eigenvalue weighted by atomic mass is 32.2. The average Bonchev–Trinajstić information content (AvgIpc) is 3.39. The maximum absolute atomic E-state index is 13.2. The summed E-state index contributed by atoms with van der Waals surface area (Å²) in [5, 5.41) is 23.5. The first kappa shape index (κ1) is 26.7. The smallest absolute Gasteiger partial charge is 0.339 e.